The van der Waals surface area contributed by atoms with E-state index >= 15 is 0 Å². The average molecular weight is 265 g/mol. The predicted molar refractivity (Wildman–Crippen MR) is 58.5 cm³/mol. The Kier molecular flexibility index (Phi) is 3.77. The van der Waals surface area contributed by atoms with Gasteiger partial charge in [0.1, 0.15) is 0 Å². The Morgan fingerprint density at radius 3 is 2.56 bits per heavy atom. The van der Waals surface area contributed by atoms with Crippen LogP contribution >= 0.6 is 10.7 Å². The van der Waals surface area contributed by atoms with Gasteiger partial charge in [-0.2, -0.15) is 0 Å². The Hall–Kier alpha value is -1.27. The molecule has 0 aromatic heterocycles. The third kappa shape index (κ3) is 3.11. The minimum atomic E-state index is -3.77. The highest BCUT2D eigenvalue weighted by Gasteiger charge is 2.14. The van der Waals surface area contributed by atoms with Crippen molar-refractivity contribution >= 4 is 26.0 Å². The normalized spacial score (nSPS) is 11.1. The molecule has 7 heteroatoms. The first-order valence-electron chi connectivity index (χ1n) is 4.14. The van der Waals surface area contributed by atoms with Crippen molar-refractivity contribution in [2.24, 2.45) is 0 Å². The van der Waals surface area contributed by atoms with E-state index in [4.69, 9.17) is 15.4 Å². The number of halogens is 1. The van der Waals surface area contributed by atoms with Crippen LogP contribution in [0.2, 0.25) is 0 Å². The van der Waals surface area contributed by atoms with Gasteiger partial charge in [-0.3, -0.25) is 4.79 Å². The summed E-state index contributed by atoms with van der Waals surface area (Å²) in [5, 5.41) is 9.38. The van der Waals surface area contributed by atoms with E-state index in [1.165, 1.54) is 13.2 Å². The van der Waals surface area contributed by atoms with Gasteiger partial charge in [0.2, 0.25) is 9.05 Å². The van der Waals surface area contributed by atoms with E-state index in [-0.39, 0.29) is 22.6 Å². The Morgan fingerprint density at radius 1 is 1.50 bits per heavy atom. The van der Waals surface area contributed by atoms with Crippen molar-refractivity contribution in [2.75, 3.05) is 7.11 Å². The fraction of sp³-hybridized carbons (Fsp3) is 0.222. The molecule has 1 aromatic rings. The van der Waals surface area contributed by atoms with Gasteiger partial charge in [0.15, 0.2) is 17.8 Å². The first-order valence-corrected chi connectivity index (χ1v) is 6.62. The van der Waals surface area contributed by atoms with Gasteiger partial charge < -0.3 is 9.84 Å². The number of hydrogen-bond donors (Lipinski definition) is 1. The van der Waals surface area contributed by atoms with Crippen molar-refractivity contribution < 1.29 is 23.1 Å². The first kappa shape index (κ1) is 12.8. The molecule has 0 atom stereocenters. The fourth-order valence-electron chi connectivity index (χ4n) is 1.21. The summed E-state index contributed by atoms with van der Waals surface area (Å²) in [6.45, 7) is 0. The number of ether oxygens (including phenoxy) is 1. The number of aldehydes is 1. The molecular formula is C9H9ClO5S. The molecule has 0 bridgehead atoms. The summed E-state index contributed by atoms with van der Waals surface area (Å²) in [6.07, 6.45) is 0.441. The summed E-state index contributed by atoms with van der Waals surface area (Å²) in [4.78, 5) is 10.7. The summed E-state index contributed by atoms with van der Waals surface area (Å²) in [7, 11) is 2.63. The second-order valence-electron chi connectivity index (χ2n) is 3.02. The summed E-state index contributed by atoms with van der Waals surface area (Å²) in [5.41, 5.74) is 0.238. The highest BCUT2D eigenvalue weighted by Crippen LogP contribution is 2.30. The topological polar surface area (TPSA) is 80.7 Å². The van der Waals surface area contributed by atoms with E-state index < -0.39 is 14.8 Å². The highest BCUT2D eigenvalue weighted by molar-refractivity contribution is 8.13. The smallest absolute Gasteiger partial charge is 0.236 e. The minimum Gasteiger partial charge on any atom is -0.504 e. The maximum absolute atomic E-state index is 10.9. The van der Waals surface area contributed by atoms with Gasteiger partial charge in [0.05, 0.1) is 12.9 Å². The summed E-state index contributed by atoms with van der Waals surface area (Å²) in [6, 6.07) is 2.39. The number of carbonyl (C=O) groups is 1. The Morgan fingerprint density at radius 2 is 2.12 bits per heavy atom. The molecule has 16 heavy (non-hydrogen) atoms. The first-order chi connectivity index (χ1) is 7.37. The predicted octanol–water partition coefficient (Wildman–Crippen LogP) is 1.28. The number of phenolic OH excluding ortho intramolecular Hbond substituents is 1. The van der Waals surface area contributed by atoms with E-state index in [1.54, 1.807) is 0 Å². The lowest BCUT2D eigenvalue weighted by atomic mass is 10.1. The van der Waals surface area contributed by atoms with Gasteiger partial charge in [0.25, 0.3) is 0 Å². The molecule has 1 N–H and O–H groups in total. The molecule has 0 aliphatic heterocycles. The Balaban J connectivity index is 3.30. The minimum absolute atomic E-state index is 0.0579. The zero-order valence-electron chi connectivity index (χ0n) is 8.31. The van der Waals surface area contributed by atoms with Crippen molar-refractivity contribution in [1.29, 1.82) is 0 Å². The molecule has 1 rings (SSSR count). The summed E-state index contributed by atoms with van der Waals surface area (Å²) < 4.78 is 26.6. The molecule has 88 valence electrons. The molecule has 0 aliphatic rings. The van der Waals surface area contributed by atoms with Crippen LogP contribution in [0.15, 0.2) is 12.1 Å². The molecule has 0 spiro atoms. The molecule has 0 radical (unpaired) electrons. The lowest BCUT2D eigenvalue weighted by Gasteiger charge is -2.08. The van der Waals surface area contributed by atoms with Crippen LogP contribution in [0.4, 0.5) is 0 Å². The Labute approximate surface area is 97.0 Å². The molecular weight excluding hydrogens is 256 g/mol. The molecule has 0 fully saturated rings. The van der Waals surface area contributed by atoms with E-state index in [9.17, 15) is 18.3 Å². The molecule has 0 heterocycles. The fourth-order valence-corrected chi connectivity index (χ4v) is 2.18. The van der Waals surface area contributed by atoms with Gasteiger partial charge >= 0.3 is 0 Å². The number of aromatic hydroxyl groups is 1. The van der Waals surface area contributed by atoms with E-state index in [0.29, 0.717) is 6.29 Å². The van der Waals surface area contributed by atoms with Crippen LogP contribution in [-0.4, -0.2) is 26.9 Å². The SMILES string of the molecule is COc1cc(CS(=O)(=O)Cl)c(C=O)cc1O. The maximum Gasteiger partial charge on any atom is 0.236 e. The van der Waals surface area contributed by atoms with E-state index in [0.717, 1.165) is 6.07 Å². The lowest BCUT2D eigenvalue weighted by molar-refractivity contribution is 0.112. The molecule has 0 amide bonds. The number of benzene rings is 1. The Bertz CT molecular complexity index is 509. The van der Waals surface area contributed by atoms with Crippen molar-refractivity contribution in [1.82, 2.24) is 0 Å². The second-order valence-corrected chi connectivity index (χ2v) is 5.80. The highest BCUT2D eigenvalue weighted by atomic mass is 35.7. The average Bonchev–Trinajstić information content (AvgIpc) is 2.18. The van der Waals surface area contributed by atoms with Gasteiger partial charge in [-0.25, -0.2) is 8.42 Å². The van der Waals surface area contributed by atoms with E-state index in [1.807, 2.05) is 0 Å². The van der Waals surface area contributed by atoms with Crippen molar-refractivity contribution in [3.8, 4) is 11.5 Å². The zero-order chi connectivity index (χ0) is 12.3. The van der Waals surface area contributed by atoms with Crippen LogP contribution in [0.5, 0.6) is 11.5 Å². The summed E-state index contributed by atoms with van der Waals surface area (Å²) in [5.74, 6) is -0.652. The van der Waals surface area contributed by atoms with Gasteiger partial charge in [-0.1, -0.05) is 0 Å². The van der Waals surface area contributed by atoms with Crippen molar-refractivity contribution in [3.63, 3.8) is 0 Å². The number of hydrogen-bond acceptors (Lipinski definition) is 5. The van der Waals surface area contributed by atoms with Crippen LogP contribution in [0, 0.1) is 0 Å². The van der Waals surface area contributed by atoms with E-state index in [2.05, 4.69) is 0 Å². The monoisotopic (exact) mass is 264 g/mol. The number of rotatable bonds is 4. The number of phenols is 1. The molecule has 5 nitrogen and oxygen atoms in total. The largest absolute Gasteiger partial charge is 0.504 e. The molecule has 1 aromatic carbocycles. The maximum atomic E-state index is 10.9. The van der Waals surface area contributed by atoms with Crippen LogP contribution < -0.4 is 4.74 Å². The quantitative estimate of drug-likeness (QED) is 0.654. The molecule has 0 unspecified atom stereocenters. The van der Waals surface area contributed by atoms with Gasteiger partial charge in [-0.15, -0.1) is 0 Å². The van der Waals surface area contributed by atoms with Crippen LogP contribution in [0.3, 0.4) is 0 Å². The lowest BCUT2D eigenvalue weighted by Crippen LogP contribution is -2.00. The van der Waals surface area contributed by atoms with Crippen LogP contribution in [0.1, 0.15) is 15.9 Å². The molecule has 0 aliphatic carbocycles. The standard InChI is InChI=1S/C9H9ClO5S/c1-15-9-3-7(5-16(10,13)14)6(4-11)2-8(9)12/h2-4,12H,5H2,1H3. The molecule has 0 saturated heterocycles. The van der Waals surface area contributed by atoms with Crippen molar-refractivity contribution in [3.05, 3.63) is 23.3 Å². The van der Waals surface area contributed by atoms with Crippen LogP contribution in [-0.2, 0) is 14.8 Å². The third-order valence-electron chi connectivity index (χ3n) is 1.90. The number of carbonyl (C=O) groups excluding carboxylic acids is 1. The zero-order valence-corrected chi connectivity index (χ0v) is 9.88. The number of methoxy groups -OCH3 is 1. The second kappa shape index (κ2) is 4.71. The van der Waals surface area contributed by atoms with Crippen molar-refractivity contribution in [2.45, 2.75) is 5.75 Å². The molecule has 0 saturated carbocycles. The van der Waals surface area contributed by atoms with Gasteiger partial charge in [-0.05, 0) is 17.7 Å². The summed E-state index contributed by atoms with van der Waals surface area (Å²) >= 11 is 0. The van der Waals surface area contributed by atoms with Crippen LogP contribution in [0.25, 0.3) is 0 Å². The van der Waals surface area contributed by atoms with Gasteiger partial charge in [0, 0.05) is 16.2 Å². The third-order valence-corrected chi connectivity index (χ3v) is 2.88.